The second kappa shape index (κ2) is 10.7. The first kappa shape index (κ1) is 21.7. The van der Waals surface area contributed by atoms with E-state index in [4.69, 9.17) is 9.15 Å². The Kier molecular flexibility index (Phi) is 7.24. The maximum Gasteiger partial charge on any atom is 0.234 e. The van der Waals surface area contributed by atoms with Crippen LogP contribution in [-0.2, 0) is 24.4 Å². The van der Waals surface area contributed by atoms with Crippen molar-refractivity contribution in [1.82, 2.24) is 14.8 Å². The molecular weight excluding hydrogens is 424 g/mol. The van der Waals surface area contributed by atoms with Crippen LogP contribution in [0.3, 0.4) is 0 Å². The summed E-state index contributed by atoms with van der Waals surface area (Å²) in [7, 11) is 0. The molecule has 0 bridgehead atoms. The number of ether oxygens (including phenoxy) is 1. The van der Waals surface area contributed by atoms with E-state index in [-0.39, 0.29) is 18.3 Å². The minimum Gasteiger partial charge on any atom is -0.486 e. The summed E-state index contributed by atoms with van der Waals surface area (Å²) in [6, 6.07) is 21.1. The van der Waals surface area contributed by atoms with Crippen molar-refractivity contribution in [3.8, 4) is 5.75 Å². The number of furan rings is 1. The smallest absolute Gasteiger partial charge is 0.234 e. The van der Waals surface area contributed by atoms with Crippen LogP contribution in [0.2, 0.25) is 0 Å². The van der Waals surface area contributed by atoms with E-state index in [0.29, 0.717) is 17.5 Å². The van der Waals surface area contributed by atoms with Gasteiger partial charge in [0.05, 0.1) is 18.6 Å². The highest BCUT2D eigenvalue weighted by Gasteiger charge is 2.17. The first-order chi connectivity index (χ1) is 15.7. The molecule has 2 aromatic heterocycles. The lowest BCUT2D eigenvalue weighted by Crippen LogP contribution is -2.16. The molecule has 8 heteroatoms. The number of carbonyl (C=O) groups excluding carboxylic acids is 1. The van der Waals surface area contributed by atoms with Gasteiger partial charge in [-0.1, -0.05) is 55.1 Å². The van der Waals surface area contributed by atoms with Gasteiger partial charge in [0.15, 0.2) is 11.0 Å². The van der Waals surface area contributed by atoms with Crippen LogP contribution in [0.1, 0.15) is 24.1 Å². The monoisotopic (exact) mass is 448 g/mol. The zero-order valence-corrected chi connectivity index (χ0v) is 18.5. The molecular formula is C24H24N4O3S. The average Bonchev–Trinajstić information content (AvgIpc) is 3.48. The van der Waals surface area contributed by atoms with E-state index in [0.717, 1.165) is 29.2 Å². The predicted octanol–water partition coefficient (Wildman–Crippen LogP) is 4.79. The molecule has 0 aliphatic carbocycles. The Labute approximate surface area is 190 Å². The SMILES string of the molecule is CCc1ccccc1NC(=O)CSc1nnc(COc2ccccc2)n1Cc1ccco1. The van der Waals surface area contributed by atoms with Crippen LogP contribution < -0.4 is 10.1 Å². The molecule has 0 spiro atoms. The molecule has 0 radical (unpaired) electrons. The third-order valence-corrected chi connectivity index (χ3v) is 5.77. The Bertz CT molecular complexity index is 1140. The standard InChI is InChI=1S/C24H24N4O3S/c1-2-18-9-6-7-13-21(18)25-23(29)17-32-24-27-26-22(16-31-19-10-4-3-5-11-19)28(24)15-20-12-8-14-30-20/h3-14H,2,15-17H2,1H3,(H,25,29). The third-order valence-electron chi connectivity index (χ3n) is 4.80. The molecule has 0 unspecified atom stereocenters. The minimum absolute atomic E-state index is 0.0921. The molecule has 7 nitrogen and oxygen atoms in total. The van der Waals surface area contributed by atoms with Crippen LogP contribution in [0.15, 0.2) is 82.6 Å². The predicted molar refractivity (Wildman–Crippen MR) is 124 cm³/mol. The zero-order valence-electron chi connectivity index (χ0n) is 17.7. The zero-order chi connectivity index (χ0) is 22.2. The number of amides is 1. The molecule has 0 fully saturated rings. The largest absolute Gasteiger partial charge is 0.486 e. The second-order valence-corrected chi connectivity index (χ2v) is 7.96. The van der Waals surface area contributed by atoms with Crippen molar-refractivity contribution in [2.24, 2.45) is 0 Å². The first-order valence-corrected chi connectivity index (χ1v) is 11.3. The lowest BCUT2D eigenvalue weighted by atomic mass is 10.1. The van der Waals surface area contributed by atoms with Crippen molar-refractivity contribution in [2.45, 2.75) is 31.7 Å². The van der Waals surface area contributed by atoms with Crippen molar-refractivity contribution in [1.29, 1.82) is 0 Å². The van der Waals surface area contributed by atoms with E-state index in [1.165, 1.54) is 11.8 Å². The number of anilines is 1. The van der Waals surface area contributed by atoms with E-state index in [2.05, 4.69) is 22.4 Å². The summed E-state index contributed by atoms with van der Waals surface area (Å²) >= 11 is 1.33. The average molecular weight is 449 g/mol. The van der Waals surface area contributed by atoms with E-state index >= 15 is 0 Å². The number of nitrogens with zero attached hydrogens (tertiary/aromatic N) is 3. The van der Waals surface area contributed by atoms with Gasteiger partial charge in [-0.15, -0.1) is 10.2 Å². The number of aromatic nitrogens is 3. The summed E-state index contributed by atoms with van der Waals surface area (Å²) in [4.78, 5) is 12.6. The number of hydrogen-bond acceptors (Lipinski definition) is 6. The van der Waals surface area contributed by atoms with Crippen molar-refractivity contribution < 1.29 is 13.9 Å². The number of rotatable bonds is 10. The lowest BCUT2D eigenvalue weighted by Gasteiger charge is -2.11. The van der Waals surface area contributed by atoms with Gasteiger partial charge in [0.2, 0.25) is 5.91 Å². The summed E-state index contributed by atoms with van der Waals surface area (Å²) in [5.74, 6) is 2.31. The summed E-state index contributed by atoms with van der Waals surface area (Å²) in [5.41, 5.74) is 1.95. The molecule has 4 rings (SSSR count). The summed E-state index contributed by atoms with van der Waals surface area (Å²) in [6.07, 6.45) is 2.48. The topological polar surface area (TPSA) is 82.2 Å². The molecule has 0 saturated heterocycles. The number of para-hydroxylation sites is 2. The number of nitrogens with one attached hydrogen (secondary N) is 1. The maximum absolute atomic E-state index is 12.6. The van der Waals surface area contributed by atoms with Crippen LogP contribution in [0.25, 0.3) is 0 Å². The molecule has 2 aromatic carbocycles. The van der Waals surface area contributed by atoms with Gasteiger partial charge in [0.1, 0.15) is 18.1 Å². The van der Waals surface area contributed by atoms with Crippen LogP contribution in [0, 0.1) is 0 Å². The molecule has 1 amide bonds. The molecule has 2 heterocycles. The number of aryl methyl sites for hydroxylation is 1. The molecule has 0 aliphatic rings. The highest BCUT2D eigenvalue weighted by molar-refractivity contribution is 7.99. The number of thioether (sulfide) groups is 1. The van der Waals surface area contributed by atoms with Crippen molar-refractivity contribution in [2.75, 3.05) is 11.1 Å². The molecule has 164 valence electrons. The van der Waals surface area contributed by atoms with Crippen molar-refractivity contribution in [3.05, 3.63) is 90.1 Å². The van der Waals surface area contributed by atoms with Gasteiger partial charge in [-0.2, -0.15) is 0 Å². The molecule has 32 heavy (non-hydrogen) atoms. The first-order valence-electron chi connectivity index (χ1n) is 10.4. The van der Waals surface area contributed by atoms with Crippen molar-refractivity contribution >= 4 is 23.4 Å². The quantitative estimate of drug-likeness (QED) is 0.351. The third kappa shape index (κ3) is 5.59. The van der Waals surface area contributed by atoms with Gasteiger partial charge in [0, 0.05) is 5.69 Å². The van der Waals surface area contributed by atoms with Gasteiger partial charge in [-0.05, 0) is 42.3 Å². The normalized spacial score (nSPS) is 10.8. The highest BCUT2D eigenvalue weighted by atomic mass is 32.2. The fraction of sp³-hybridized carbons (Fsp3) is 0.208. The van der Waals surface area contributed by atoms with Crippen molar-refractivity contribution in [3.63, 3.8) is 0 Å². The Hall–Kier alpha value is -3.52. The van der Waals surface area contributed by atoms with Gasteiger partial charge < -0.3 is 14.5 Å². The van der Waals surface area contributed by atoms with Crippen LogP contribution in [0.4, 0.5) is 5.69 Å². The molecule has 4 aromatic rings. The molecule has 0 aliphatic heterocycles. The fourth-order valence-electron chi connectivity index (χ4n) is 3.18. The fourth-order valence-corrected chi connectivity index (χ4v) is 3.94. The Morgan fingerprint density at radius 2 is 1.88 bits per heavy atom. The Morgan fingerprint density at radius 1 is 1.06 bits per heavy atom. The second-order valence-electron chi connectivity index (χ2n) is 7.01. The highest BCUT2D eigenvalue weighted by Crippen LogP contribution is 2.22. The number of carbonyl (C=O) groups is 1. The number of hydrogen-bond donors (Lipinski definition) is 1. The maximum atomic E-state index is 12.6. The van der Waals surface area contributed by atoms with Crippen LogP contribution in [0.5, 0.6) is 5.75 Å². The molecule has 0 saturated carbocycles. The Morgan fingerprint density at radius 3 is 2.66 bits per heavy atom. The summed E-state index contributed by atoms with van der Waals surface area (Å²) in [6.45, 7) is 2.78. The minimum atomic E-state index is -0.0921. The van der Waals surface area contributed by atoms with Gasteiger partial charge in [-0.25, -0.2) is 0 Å². The van der Waals surface area contributed by atoms with E-state index < -0.39 is 0 Å². The van der Waals surface area contributed by atoms with E-state index in [9.17, 15) is 4.79 Å². The number of benzene rings is 2. The van der Waals surface area contributed by atoms with Gasteiger partial charge in [0.25, 0.3) is 0 Å². The van der Waals surface area contributed by atoms with Crippen LogP contribution >= 0.6 is 11.8 Å². The summed E-state index contributed by atoms with van der Waals surface area (Å²) in [5, 5.41) is 12.2. The van der Waals surface area contributed by atoms with E-state index in [1.54, 1.807) is 6.26 Å². The van der Waals surface area contributed by atoms with E-state index in [1.807, 2.05) is 71.3 Å². The lowest BCUT2D eigenvalue weighted by molar-refractivity contribution is -0.113. The van der Waals surface area contributed by atoms with Gasteiger partial charge in [-0.3, -0.25) is 9.36 Å². The van der Waals surface area contributed by atoms with Crippen LogP contribution in [-0.4, -0.2) is 26.4 Å². The molecule has 1 N–H and O–H groups in total. The van der Waals surface area contributed by atoms with Gasteiger partial charge >= 0.3 is 0 Å². The summed E-state index contributed by atoms with van der Waals surface area (Å²) < 4.78 is 13.3. The molecule has 0 atom stereocenters. The Balaban J connectivity index is 1.45.